The zero-order valence-corrected chi connectivity index (χ0v) is 13.0. The van der Waals surface area contributed by atoms with Crippen molar-refractivity contribution in [2.75, 3.05) is 13.7 Å². The van der Waals surface area contributed by atoms with Gasteiger partial charge in [0.25, 0.3) is 0 Å². The van der Waals surface area contributed by atoms with Gasteiger partial charge in [-0.25, -0.2) is 4.79 Å². The first-order chi connectivity index (χ1) is 10.5. The number of ether oxygens (including phenoxy) is 3. The number of hydrogen-bond acceptors (Lipinski definition) is 5. The molecule has 0 N–H and O–H groups in total. The fourth-order valence-corrected chi connectivity index (χ4v) is 1.57. The minimum Gasteiger partial charge on any atom is -0.493 e. The predicted octanol–water partition coefficient (Wildman–Crippen LogP) is 3.42. The van der Waals surface area contributed by atoms with Gasteiger partial charge in [-0.05, 0) is 31.1 Å². The van der Waals surface area contributed by atoms with Crippen LogP contribution < -0.4 is 14.2 Å². The second kappa shape index (κ2) is 8.53. The lowest BCUT2D eigenvalue weighted by Gasteiger charge is -2.12. The van der Waals surface area contributed by atoms with E-state index >= 15 is 0 Å². The molecule has 116 valence electrons. The molecule has 0 heterocycles. The average molecular weight is 301 g/mol. The molecular formula is C17H19NO4. The molecular weight excluding hydrogens is 282 g/mol. The third-order valence-electron chi connectivity index (χ3n) is 2.57. The summed E-state index contributed by atoms with van der Waals surface area (Å²) in [5.74, 6) is 0.545. The Morgan fingerprint density at radius 1 is 1.41 bits per heavy atom. The number of nitrogens with zero attached hydrogens (tertiary/aromatic N) is 1. The molecule has 0 bridgehead atoms. The van der Waals surface area contributed by atoms with Gasteiger partial charge in [0.2, 0.25) is 0 Å². The molecule has 0 saturated heterocycles. The number of carbonyl (C=O) groups excluding carboxylic acids is 1. The molecule has 5 heteroatoms. The molecule has 0 aliphatic carbocycles. The quantitative estimate of drug-likeness (QED) is 0.254. The summed E-state index contributed by atoms with van der Waals surface area (Å²) in [7, 11) is 1.49. The van der Waals surface area contributed by atoms with Gasteiger partial charge in [-0.3, -0.25) is 0 Å². The van der Waals surface area contributed by atoms with E-state index in [1.807, 2.05) is 19.9 Å². The molecule has 0 radical (unpaired) electrons. The zero-order chi connectivity index (χ0) is 16.5. The van der Waals surface area contributed by atoms with Crippen LogP contribution in [-0.2, 0) is 4.79 Å². The highest BCUT2D eigenvalue weighted by Gasteiger charge is 2.13. The molecule has 1 aromatic carbocycles. The van der Waals surface area contributed by atoms with Crippen LogP contribution >= 0.6 is 0 Å². The number of nitriles is 1. The summed E-state index contributed by atoms with van der Waals surface area (Å²) in [6, 6.07) is 6.57. The fraction of sp³-hybridized carbons (Fsp3) is 0.294. The van der Waals surface area contributed by atoms with Gasteiger partial charge in [-0.2, -0.15) is 5.26 Å². The van der Waals surface area contributed by atoms with Crippen LogP contribution in [0.4, 0.5) is 0 Å². The highest BCUT2D eigenvalue weighted by atomic mass is 16.5. The highest BCUT2D eigenvalue weighted by Crippen LogP contribution is 2.31. The van der Waals surface area contributed by atoms with Gasteiger partial charge in [-0.1, -0.05) is 19.6 Å². The SMILES string of the molecule is C=C(C)COc1ccc(OC(=O)C(C#N)=CCC)cc1OC. The smallest absolute Gasteiger partial charge is 0.353 e. The van der Waals surface area contributed by atoms with Crippen molar-refractivity contribution in [3.8, 4) is 23.3 Å². The monoisotopic (exact) mass is 301 g/mol. The summed E-state index contributed by atoms with van der Waals surface area (Å²) in [5, 5.41) is 8.90. The van der Waals surface area contributed by atoms with Crippen molar-refractivity contribution >= 4 is 5.97 Å². The van der Waals surface area contributed by atoms with Gasteiger partial charge in [0.1, 0.15) is 24.0 Å². The van der Waals surface area contributed by atoms with E-state index in [1.54, 1.807) is 12.1 Å². The number of esters is 1. The molecule has 0 atom stereocenters. The number of hydrogen-bond donors (Lipinski definition) is 0. The van der Waals surface area contributed by atoms with Crippen molar-refractivity contribution in [3.05, 3.63) is 42.0 Å². The van der Waals surface area contributed by atoms with Crippen LogP contribution in [0.5, 0.6) is 17.2 Å². The Hall–Kier alpha value is -2.74. The third-order valence-corrected chi connectivity index (χ3v) is 2.57. The Labute approximate surface area is 130 Å². The number of benzene rings is 1. The van der Waals surface area contributed by atoms with Crippen LogP contribution in [0, 0.1) is 11.3 Å². The first kappa shape index (κ1) is 17.3. The second-order valence-electron chi connectivity index (χ2n) is 4.59. The van der Waals surface area contributed by atoms with Crippen molar-refractivity contribution in [2.45, 2.75) is 20.3 Å². The van der Waals surface area contributed by atoms with Crippen molar-refractivity contribution in [1.29, 1.82) is 5.26 Å². The highest BCUT2D eigenvalue weighted by molar-refractivity contribution is 5.94. The first-order valence-corrected chi connectivity index (χ1v) is 6.79. The Bertz CT molecular complexity index is 626. The van der Waals surface area contributed by atoms with Crippen LogP contribution in [0.2, 0.25) is 0 Å². The van der Waals surface area contributed by atoms with E-state index in [0.717, 1.165) is 5.57 Å². The number of allylic oxidation sites excluding steroid dienone is 1. The summed E-state index contributed by atoms with van der Waals surface area (Å²) in [5.41, 5.74) is 0.852. The lowest BCUT2D eigenvalue weighted by Crippen LogP contribution is -2.10. The summed E-state index contributed by atoms with van der Waals surface area (Å²) in [6.07, 6.45) is 2.10. The predicted molar refractivity (Wildman–Crippen MR) is 82.9 cm³/mol. The topological polar surface area (TPSA) is 68.5 Å². The molecule has 0 fully saturated rings. The Balaban J connectivity index is 2.90. The summed E-state index contributed by atoms with van der Waals surface area (Å²) < 4.78 is 15.9. The zero-order valence-electron chi connectivity index (χ0n) is 13.0. The van der Waals surface area contributed by atoms with E-state index in [-0.39, 0.29) is 11.3 Å². The second-order valence-corrected chi connectivity index (χ2v) is 4.59. The van der Waals surface area contributed by atoms with E-state index in [2.05, 4.69) is 6.58 Å². The van der Waals surface area contributed by atoms with E-state index in [1.165, 1.54) is 19.3 Å². The molecule has 1 aromatic rings. The largest absolute Gasteiger partial charge is 0.493 e. The summed E-state index contributed by atoms with van der Waals surface area (Å²) in [4.78, 5) is 11.8. The van der Waals surface area contributed by atoms with Crippen molar-refractivity contribution in [2.24, 2.45) is 0 Å². The van der Waals surface area contributed by atoms with Crippen LogP contribution in [0.3, 0.4) is 0 Å². The van der Waals surface area contributed by atoms with Crippen LogP contribution in [0.15, 0.2) is 42.0 Å². The van der Waals surface area contributed by atoms with Crippen molar-refractivity contribution in [1.82, 2.24) is 0 Å². The lowest BCUT2D eigenvalue weighted by molar-refractivity contribution is -0.129. The Morgan fingerprint density at radius 3 is 2.68 bits per heavy atom. The molecule has 0 unspecified atom stereocenters. The van der Waals surface area contributed by atoms with Crippen LogP contribution in [-0.4, -0.2) is 19.7 Å². The van der Waals surface area contributed by atoms with Gasteiger partial charge >= 0.3 is 5.97 Å². The van der Waals surface area contributed by atoms with Crippen LogP contribution in [0.25, 0.3) is 0 Å². The summed E-state index contributed by atoms with van der Waals surface area (Å²) >= 11 is 0. The summed E-state index contributed by atoms with van der Waals surface area (Å²) in [6.45, 7) is 7.81. The molecule has 0 spiro atoms. The average Bonchev–Trinajstić information content (AvgIpc) is 2.50. The Morgan fingerprint density at radius 2 is 2.14 bits per heavy atom. The maximum atomic E-state index is 11.8. The molecule has 0 saturated carbocycles. The molecule has 5 nitrogen and oxygen atoms in total. The fourth-order valence-electron chi connectivity index (χ4n) is 1.57. The van der Waals surface area contributed by atoms with Gasteiger partial charge in [0, 0.05) is 6.07 Å². The minimum absolute atomic E-state index is 0.0240. The molecule has 1 rings (SSSR count). The maximum absolute atomic E-state index is 11.8. The molecule has 0 amide bonds. The van der Waals surface area contributed by atoms with Crippen LogP contribution in [0.1, 0.15) is 20.3 Å². The number of carbonyl (C=O) groups is 1. The van der Waals surface area contributed by atoms with Crippen molar-refractivity contribution < 1.29 is 19.0 Å². The van der Waals surface area contributed by atoms with Crippen molar-refractivity contribution in [3.63, 3.8) is 0 Å². The normalized spacial score (nSPS) is 10.5. The van der Waals surface area contributed by atoms with Gasteiger partial charge in [0.15, 0.2) is 11.5 Å². The standard InChI is InChI=1S/C17H19NO4/c1-5-6-13(10-18)17(19)22-14-7-8-15(16(9-14)20-4)21-11-12(2)3/h6-9H,2,5,11H2,1,3-4H3. The maximum Gasteiger partial charge on any atom is 0.353 e. The number of methoxy groups -OCH3 is 1. The van der Waals surface area contributed by atoms with Gasteiger partial charge < -0.3 is 14.2 Å². The van der Waals surface area contributed by atoms with E-state index in [0.29, 0.717) is 24.5 Å². The van der Waals surface area contributed by atoms with Gasteiger partial charge in [-0.15, -0.1) is 0 Å². The first-order valence-electron chi connectivity index (χ1n) is 6.79. The number of rotatable bonds is 7. The minimum atomic E-state index is -0.693. The molecule has 22 heavy (non-hydrogen) atoms. The molecule has 0 aliphatic heterocycles. The van der Waals surface area contributed by atoms with E-state index in [9.17, 15) is 4.79 Å². The van der Waals surface area contributed by atoms with Gasteiger partial charge in [0.05, 0.1) is 7.11 Å². The third kappa shape index (κ3) is 4.98. The lowest BCUT2D eigenvalue weighted by atomic mass is 10.2. The molecule has 0 aliphatic rings. The van der Waals surface area contributed by atoms with E-state index < -0.39 is 5.97 Å². The van der Waals surface area contributed by atoms with E-state index in [4.69, 9.17) is 19.5 Å². The Kier molecular flexibility index (Phi) is 6.71. The molecule has 0 aromatic heterocycles.